The molecular weight excluding hydrogens is 525 g/mol. The first-order valence-corrected chi connectivity index (χ1v) is 13.5. The second-order valence-corrected chi connectivity index (χ2v) is 10.4. The number of nitrogens with zero attached hydrogens (tertiary/aromatic N) is 6. The van der Waals surface area contributed by atoms with Gasteiger partial charge in [-0.05, 0) is 38.0 Å². The Morgan fingerprint density at radius 3 is 2.50 bits per heavy atom. The number of carbonyl (C=O) groups excluding carboxylic acids is 1. The number of benzene rings is 1. The Bertz CT molecular complexity index is 1600. The molecule has 0 N–H and O–H groups in total. The van der Waals surface area contributed by atoms with Crippen LogP contribution in [0.3, 0.4) is 0 Å². The molecule has 2 atom stereocenters. The average Bonchev–Trinajstić information content (AvgIpc) is 3.67. The maximum atomic E-state index is 13.2. The van der Waals surface area contributed by atoms with E-state index in [0.717, 1.165) is 12.1 Å². The second kappa shape index (κ2) is 10.5. The number of fused-ring (bicyclic) bond motifs is 1. The van der Waals surface area contributed by atoms with Crippen LogP contribution in [0.4, 0.5) is 24.7 Å². The summed E-state index contributed by atoms with van der Waals surface area (Å²) in [6.45, 7) is 6.85. The molecule has 3 aromatic rings. The third-order valence-electron chi connectivity index (χ3n) is 7.64. The van der Waals surface area contributed by atoms with Crippen molar-refractivity contribution in [1.29, 1.82) is 0 Å². The fraction of sp³-hybridized carbons (Fsp3) is 0.464. The Morgan fingerprint density at radius 2 is 1.80 bits per heavy atom. The molecule has 2 aliphatic heterocycles. The van der Waals surface area contributed by atoms with Crippen molar-refractivity contribution in [3.8, 4) is 0 Å². The monoisotopic (exact) mass is 556 g/mol. The summed E-state index contributed by atoms with van der Waals surface area (Å²) in [6, 6.07) is 4.58. The fourth-order valence-corrected chi connectivity index (χ4v) is 5.46. The van der Waals surface area contributed by atoms with Gasteiger partial charge in [-0.2, -0.15) is 18.3 Å². The molecule has 1 aromatic carbocycles. The second-order valence-electron chi connectivity index (χ2n) is 10.4. The van der Waals surface area contributed by atoms with Crippen molar-refractivity contribution in [1.82, 2.24) is 18.9 Å². The van der Waals surface area contributed by atoms with Gasteiger partial charge in [0.25, 0.3) is 5.56 Å². The minimum atomic E-state index is -4.49. The van der Waals surface area contributed by atoms with E-state index in [0.29, 0.717) is 48.6 Å². The predicted molar refractivity (Wildman–Crippen MR) is 144 cm³/mol. The summed E-state index contributed by atoms with van der Waals surface area (Å²) in [5.74, 6) is -0.0111. The van der Waals surface area contributed by atoms with Crippen molar-refractivity contribution >= 4 is 23.1 Å². The number of carbonyl (C=O) groups is 1. The molecule has 2 aliphatic rings. The highest BCUT2D eigenvalue weighted by atomic mass is 19.4. The zero-order valence-electron chi connectivity index (χ0n) is 22.6. The summed E-state index contributed by atoms with van der Waals surface area (Å²) in [5, 5.41) is 4.49. The average molecular weight is 557 g/mol. The maximum absolute atomic E-state index is 13.2. The maximum Gasteiger partial charge on any atom is 0.416 e. The number of aliphatic imine (C=N–C) groups is 1. The van der Waals surface area contributed by atoms with Crippen LogP contribution in [0.1, 0.15) is 62.8 Å². The quantitative estimate of drug-likeness (QED) is 0.413. The molecule has 2 aromatic heterocycles. The molecule has 2 unspecified atom stereocenters. The van der Waals surface area contributed by atoms with Crippen LogP contribution in [-0.2, 0) is 30.5 Å². The zero-order chi connectivity index (χ0) is 28.8. The fourth-order valence-electron chi connectivity index (χ4n) is 5.46. The van der Waals surface area contributed by atoms with Gasteiger partial charge in [0.05, 0.1) is 29.1 Å². The molecule has 212 valence electrons. The third kappa shape index (κ3) is 4.90. The van der Waals surface area contributed by atoms with Crippen LogP contribution >= 0.6 is 0 Å². The van der Waals surface area contributed by atoms with Crippen LogP contribution in [0.25, 0.3) is 0 Å². The Labute approximate surface area is 228 Å². The standard InChI is InChI=1S/C28H31F3N6O3/c1-4-9-34-25-22(26(39)35(10-5-2)27(34)40)13-23(33-25)19-14-32-37(16-19)17(3)18-11-24(38)36(15-18)21-8-6-7-20(12-21)28(29,30)31/h6-8,12,14,16-18H,4-5,9-11,13,15H2,1-3H3. The highest BCUT2D eigenvalue weighted by Crippen LogP contribution is 2.36. The molecule has 0 spiro atoms. The molecule has 4 heterocycles. The largest absolute Gasteiger partial charge is 0.416 e. The molecule has 1 fully saturated rings. The molecule has 1 amide bonds. The first kappa shape index (κ1) is 27.6. The number of alkyl halides is 3. The Hall–Kier alpha value is -3.96. The van der Waals surface area contributed by atoms with Gasteiger partial charge in [0.15, 0.2) is 0 Å². The van der Waals surface area contributed by atoms with Gasteiger partial charge in [-0.25, -0.2) is 9.79 Å². The van der Waals surface area contributed by atoms with E-state index in [1.165, 1.54) is 21.6 Å². The molecule has 0 saturated carbocycles. The number of aromatic nitrogens is 4. The molecule has 0 radical (unpaired) electrons. The van der Waals surface area contributed by atoms with Gasteiger partial charge in [0.1, 0.15) is 5.82 Å². The van der Waals surface area contributed by atoms with Gasteiger partial charge in [-0.15, -0.1) is 0 Å². The van der Waals surface area contributed by atoms with E-state index in [9.17, 15) is 27.6 Å². The summed E-state index contributed by atoms with van der Waals surface area (Å²) >= 11 is 0. The number of anilines is 1. The smallest absolute Gasteiger partial charge is 0.312 e. The van der Waals surface area contributed by atoms with Crippen LogP contribution < -0.4 is 16.1 Å². The minimum absolute atomic E-state index is 0.173. The topological polar surface area (TPSA) is 94.5 Å². The molecule has 9 nitrogen and oxygen atoms in total. The summed E-state index contributed by atoms with van der Waals surface area (Å²) in [6.07, 6.45) is 0.803. The van der Waals surface area contributed by atoms with Crippen LogP contribution in [-0.4, -0.2) is 37.1 Å². The van der Waals surface area contributed by atoms with Gasteiger partial charge >= 0.3 is 11.9 Å². The molecule has 0 aliphatic carbocycles. The molecule has 1 saturated heterocycles. The van der Waals surface area contributed by atoms with Crippen molar-refractivity contribution < 1.29 is 18.0 Å². The lowest BCUT2D eigenvalue weighted by Gasteiger charge is -2.21. The van der Waals surface area contributed by atoms with Crippen LogP contribution in [0, 0.1) is 5.92 Å². The zero-order valence-corrected chi connectivity index (χ0v) is 22.6. The first-order chi connectivity index (χ1) is 19.0. The van der Waals surface area contributed by atoms with E-state index < -0.39 is 11.7 Å². The molecule has 12 heteroatoms. The number of hydrogen-bond acceptors (Lipinski definition) is 5. The summed E-state index contributed by atoms with van der Waals surface area (Å²) in [7, 11) is 0. The Morgan fingerprint density at radius 1 is 1.07 bits per heavy atom. The molecule has 40 heavy (non-hydrogen) atoms. The van der Waals surface area contributed by atoms with Crippen molar-refractivity contribution in [2.75, 3.05) is 11.4 Å². The van der Waals surface area contributed by atoms with Crippen molar-refractivity contribution in [2.24, 2.45) is 10.9 Å². The van der Waals surface area contributed by atoms with Crippen LogP contribution in [0.15, 0.2) is 51.2 Å². The van der Waals surface area contributed by atoms with Crippen molar-refractivity contribution in [3.63, 3.8) is 0 Å². The van der Waals surface area contributed by atoms with E-state index in [2.05, 4.69) is 10.1 Å². The summed E-state index contributed by atoms with van der Waals surface area (Å²) in [4.78, 5) is 44.9. The summed E-state index contributed by atoms with van der Waals surface area (Å²) < 4.78 is 44.2. The lowest BCUT2D eigenvalue weighted by atomic mass is 10.0. The third-order valence-corrected chi connectivity index (χ3v) is 7.64. The molecule has 0 bridgehead atoms. The Kier molecular flexibility index (Phi) is 7.28. The van der Waals surface area contributed by atoms with Gasteiger partial charge in [-0.3, -0.25) is 23.4 Å². The van der Waals surface area contributed by atoms with E-state index in [1.54, 1.807) is 21.6 Å². The first-order valence-electron chi connectivity index (χ1n) is 13.5. The van der Waals surface area contributed by atoms with Gasteiger partial charge in [-0.1, -0.05) is 19.9 Å². The lowest BCUT2D eigenvalue weighted by Crippen LogP contribution is -2.41. The minimum Gasteiger partial charge on any atom is -0.312 e. The summed E-state index contributed by atoms with van der Waals surface area (Å²) in [5.41, 5.74) is 0.605. The highest BCUT2D eigenvalue weighted by Gasteiger charge is 2.37. The normalized spacial score (nSPS) is 17.9. The van der Waals surface area contributed by atoms with Crippen molar-refractivity contribution in [2.45, 2.75) is 71.8 Å². The SMILES string of the molecule is CCCn1c2c(c(=O)n(CCC)c1=O)CC(c1cnn(C(C)C3CC(=O)N(c4cccc(C(F)(F)F)c4)C3)c1)=N2. The molecule has 5 rings (SSSR count). The van der Waals surface area contributed by atoms with Crippen molar-refractivity contribution in [3.05, 3.63) is 74.2 Å². The van der Waals surface area contributed by atoms with Gasteiger partial charge in [0, 0.05) is 55.8 Å². The highest BCUT2D eigenvalue weighted by molar-refractivity contribution is 6.05. The molecular formula is C28H31F3N6O3. The Balaban J connectivity index is 1.37. The number of halogens is 3. The van der Waals surface area contributed by atoms with E-state index in [-0.39, 0.29) is 54.2 Å². The predicted octanol–water partition coefficient (Wildman–Crippen LogP) is 4.34. The number of rotatable bonds is 8. The van der Waals surface area contributed by atoms with E-state index in [1.807, 2.05) is 20.8 Å². The lowest BCUT2D eigenvalue weighted by molar-refractivity contribution is -0.137. The number of amides is 1. The van der Waals surface area contributed by atoms with Crippen LogP contribution in [0.5, 0.6) is 0 Å². The van der Waals surface area contributed by atoms with Gasteiger partial charge in [0.2, 0.25) is 5.91 Å². The van der Waals surface area contributed by atoms with Crippen LogP contribution in [0.2, 0.25) is 0 Å². The van der Waals surface area contributed by atoms with E-state index >= 15 is 0 Å². The number of hydrogen-bond donors (Lipinski definition) is 0. The van der Waals surface area contributed by atoms with Gasteiger partial charge < -0.3 is 4.90 Å². The van der Waals surface area contributed by atoms with E-state index in [4.69, 9.17) is 0 Å².